The molecule has 4 heteroatoms. The highest BCUT2D eigenvalue weighted by Gasteiger charge is 2.14. The quantitative estimate of drug-likeness (QED) is 0.819. The Morgan fingerprint density at radius 2 is 2.27 bits per heavy atom. The van der Waals surface area contributed by atoms with Crippen LogP contribution in [0, 0.1) is 0 Å². The van der Waals surface area contributed by atoms with Gasteiger partial charge in [-0.3, -0.25) is 4.79 Å². The van der Waals surface area contributed by atoms with Crippen LogP contribution in [-0.2, 0) is 6.42 Å². The molecule has 0 atom stereocenters. The third-order valence-electron chi connectivity index (χ3n) is 2.43. The first kappa shape index (κ1) is 9.96. The summed E-state index contributed by atoms with van der Waals surface area (Å²) in [4.78, 5) is 11.5. The van der Waals surface area contributed by atoms with Crippen molar-refractivity contribution in [2.45, 2.75) is 33.1 Å². The highest BCUT2D eigenvalue weighted by atomic mass is 16.3. The second kappa shape index (κ2) is 3.53. The minimum atomic E-state index is -0.183. The highest BCUT2D eigenvalue weighted by molar-refractivity contribution is 5.79. The van der Waals surface area contributed by atoms with E-state index in [4.69, 9.17) is 4.42 Å². The number of aromatic nitrogens is 2. The fourth-order valence-electron chi connectivity index (χ4n) is 1.59. The van der Waals surface area contributed by atoms with E-state index >= 15 is 0 Å². The highest BCUT2D eigenvalue weighted by Crippen LogP contribution is 2.23. The van der Waals surface area contributed by atoms with Gasteiger partial charge in [0.2, 0.25) is 0 Å². The topological polar surface area (TPSA) is 58.9 Å². The minimum absolute atomic E-state index is 0.183. The van der Waals surface area contributed by atoms with Gasteiger partial charge in [-0.2, -0.15) is 5.10 Å². The number of fused-ring (bicyclic) bond motifs is 1. The van der Waals surface area contributed by atoms with Crippen LogP contribution in [0.4, 0.5) is 0 Å². The fourth-order valence-corrected chi connectivity index (χ4v) is 1.59. The van der Waals surface area contributed by atoms with Crippen LogP contribution in [0.25, 0.3) is 11.0 Å². The van der Waals surface area contributed by atoms with E-state index in [-0.39, 0.29) is 11.5 Å². The Hall–Kier alpha value is -1.58. The number of aromatic amines is 1. The van der Waals surface area contributed by atoms with E-state index in [2.05, 4.69) is 10.2 Å². The number of aryl methyl sites for hydroxylation is 1. The van der Waals surface area contributed by atoms with Crippen molar-refractivity contribution in [3.63, 3.8) is 0 Å². The first-order chi connectivity index (χ1) is 7.13. The molecule has 4 nitrogen and oxygen atoms in total. The molecule has 0 radical (unpaired) electrons. The van der Waals surface area contributed by atoms with Crippen LogP contribution in [0.1, 0.15) is 38.1 Å². The number of hydrogen-bond acceptors (Lipinski definition) is 3. The van der Waals surface area contributed by atoms with Gasteiger partial charge >= 0.3 is 0 Å². The molecule has 15 heavy (non-hydrogen) atoms. The van der Waals surface area contributed by atoms with E-state index < -0.39 is 0 Å². The third kappa shape index (κ3) is 1.56. The Bertz CT molecular complexity index is 537. The van der Waals surface area contributed by atoms with Gasteiger partial charge in [-0.1, -0.05) is 20.8 Å². The zero-order chi connectivity index (χ0) is 11.0. The Labute approximate surface area is 87.3 Å². The van der Waals surface area contributed by atoms with Crippen molar-refractivity contribution in [3.05, 3.63) is 27.9 Å². The van der Waals surface area contributed by atoms with Crippen molar-refractivity contribution in [3.8, 4) is 0 Å². The Balaban J connectivity index is 2.80. The predicted molar refractivity (Wildman–Crippen MR) is 58.1 cm³/mol. The molecule has 2 aromatic rings. The van der Waals surface area contributed by atoms with Crippen LogP contribution in [-0.4, -0.2) is 10.2 Å². The van der Waals surface area contributed by atoms with Crippen LogP contribution in [0.3, 0.4) is 0 Å². The van der Waals surface area contributed by atoms with Gasteiger partial charge < -0.3 is 4.42 Å². The van der Waals surface area contributed by atoms with E-state index in [1.165, 1.54) is 0 Å². The summed E-state index contributed by atoms with van der Waals surface area (Å²) in [5.41, 5.74) is 1.26. The molecule has 80 valence electrons. The van der Waals surface area contributed by atoms with Gasteiger partial charge in [-0.05, 0) is 6.07 Å². The van der Waals surface area contributed by atoms with Crippen molar-refractivity contribution in [2.75, 3.05) is 0 Å². The minimum Gasteiger partial charge on any atom is -0.459 e. The van der Waals surface area contributed by atoms with Gasteiger partial charge in [0.25, 0.3) is 5.56 Å². The van der Waals surface area contributed by atoms with Crippen LogP contribution in [0.5, 0.6) is 0 Å². The van der Waals surface area contributed by atoms with Gasteiger partial charge in [-0.25, -0.2) is 5.10 Å². The summed E-state index contributed by atoms with van der Waals surface area (Å²) in [6, 6.07) is 1.79. The molecule has 0 aromatic carbocycles. The zero-order valence-electron chi connectivity index (χ0n) is 9.13. The molecule has 0 bridgehead atoms. The largest absolute Gasteiger partial charge is 0.459 e. The molecule has 1 N–H and O–H groups in total. The summed E-state index contributed by atoms with van der Waals surface area (Å²) >= 11 is 0. The van der Waals surface area contributed by atoms with Crippen LogP contribution in [0.15, 0.2) is 15.3 Å². The zero-order valence-corrected chi connectivity index (χ0v) is 9.13. The van der Waals surface area contributed by atoms with Crippen LogP contribution >= 0.6 is 0 Å². The number of furan rings is 1. The average Bonchev–Trinajstić information content (AvgIpc) is 2.62. The lowest BCUT2D eigenvalue weighted by Crippen LogP contribution is -2.10. The second-order valence-corrected chi connectivity index (χ2v) is 3.90. The number of nitrogens with zero attached hydrogens (tertiary/aromatic N) is 1. The van der Waals surface area contributed by atoms with Crippen molar-refractivity contribution in [1.29, 1.82) is 0 Å². The molecule has 0 amide bonds. The van der Waals surface area contributed by atoms with Crippen molar-refractivity contribution >= 4 is 11.0 Å². The average molecular weight is 206 g/mol. The predicted octanol–water partition coefficient (Wildman–Crippen LogP) is 2.20. The third-order valence-corrected chi connectivity index (χ3v) is 2.43. The fraction of sp³-hybridized carbons (Fsp3) is 0.455. The van der Waals surface area contributed by atoms with Crippen molar-refractivity contribution in [1.82, 2.24) is 10.2 Å². The molecule has 0 saturated heterocycles. The maximum absolute atomic E-state index is 11.5. The summed E-state index contributed by atoms with van der Waals surface area (Å²) in [6.45, 7) is 6.04. The van der Waals surface area contributed by atoms with Gasteiger partial charge in [0.05, 0.1) is 5.39 Å². The lowest BCUT2D eigenvalue weighted by molar-refractivity contribution is 0.546. The summed E-state index contributed by atoms with van der Waals surface area (Å²) in [6.07, 6.45) is 0.783. The molecule has 2 aromatic heterocycles. The monoisotopic (exact) mass is 206 g/mol. The van der Waals surface area contributed by atoms with Crippen LogP contribution < -0.4 is 5.56 Å². The van der Waals surface area contributed by atoms with Gasteiger partial charge in [-0.15, -0.1) is 0 Å². The molecule has 0 aliphatic rings. The van der Waals surface area contributed by atoms with Crippen molar-refractivity contribution < 1.29 is 4.42 Å². The molecule has 0 aliphatic heterocycles. The first-order valence-electron chi connectivity index (χ1n) is 5.14. The van der Waals surface area contributed by atoms with Crippen molar-refractivity contribution in [2.24, 2.45) is 0 Å². The Morgan fingerprint density at radius 1 is 1.53 bits per heavy atom. The van der Waals surface area contributed by atoms with E-state index in [1.54, 1.807) is 6.07 Å². The molecule has 0 unspecified atom stereocenters. The molecular weight excluding hydrogens is 192 g/mol. The van der Waals surface area contributed by atoms with E-state index in [9.17, 15) is 4.79 Å². The number of H-pyrrole nitrogens is 1. The lowest BCUT2D eigenvalue weighted by Gasteiger charge is -2.02. The van der Waals surface area contributed by atoms with Gasteiger partial charge in [0.15, 0.2) is 5.58 Å². The van der Waals surface area contributed by atoms with Crippen LogP contribution in [0.2, 0.25) is 0 Å². The molecule has 0 spiro atoms. The maximum atomic E-state index is 11.5. The van der Waals surface area contributed by atoms with E-state index in [0.29, 0.717) is 11.0 Å². The van der Waals surface area contributed by atoms with E-state index in [0.717, 1.165) is 17.9 Å². The molecule has 2 heterocycles. The normalized spacial score (nSPS) is 11.5. The number of nitrogens with one attached hydrogen (secondary N) is 1. The number of rotatable bonds is 2. The van der Waals surface area contributed by atoms with Gasteiger partial charge in [0.1, 0.15) is 11.5 Å². The summed E-state index contributed by atoms with van der Waals surface area (Å²) in [5.74, 6) is 1.06. The lowest BCUT2D eigenvalue weighted by atomic mass is 10.1. The van der Waals surface area contributed by atoms with E-state index in [1.807, 2.05) is 20.8 Å². The SMILES string of the molecule is CCc1cc2c(=O)[nH]nc(C(C)C)c2o1. The number of hydrogen-bond donors (Lipinski definition) is 1. The standard InChI is InChI=1S/C11H14N2O2/c1-4-7-5-8-10(15-7)9(6(2)3)12-13-11(8)14/h5-6H,4H2,1-3H3,(H,13,14). The second-order valence-electron chi connectivity index (χ2n) is 3.90. The summed E-state index contributed by atoms with van der Waals surface area (Å²) in [5, 5.41) is 7.12. The molecular formula is C11H14N2O2. The Morgan fingerprint density at radius 3 is 2.87 bits per heavy atom. The summed E-state index contributed by atoms with van der Waals surface area (Å²) < 4.78 is 5.61. The summed E-state index contributed by atoms with van der Waals surface area (Å²) in [7, 11) is 0. The Kier molecular flexibility index (Phi) is 2.34. The molecule has 2 rings (SSSR count). The molecule has 0 saturated carbocycles. The van der Waals surface area contributed by atoms with Gasteiger partial charge in [0, 0.05) is 12.3 Å². The smallest absolute Gasteiger partial charge is 0.275 e. The first-order valence-corrected chi connectivity index (χ1v) is 5.14. The molecule has 0 aliphatic carbocycles. The molecule has 0 fully saturated rings. The maximum Gasteiger partial charge on any atom is 0.275 e.